The number of fused-ring (bicyclic) bond motifs is 1. The predicted molar refractivity (Wildman–Crippen MR) is 75.0 cm³/mol. The lowest BCUT2D eigenvalue weighted by molar-refractivity contribution is -0.150. The van der Waals surface area contributed by atoms with Crippen molar-refractivity contribution < 1.29 is 23.9 Å². The third kappa shape index (κ3) is 3.00. The monoisotopic (exact) mass is 311 g/mol. The molecular weight excluding hydrogens is 298 g/mol. The smallest absolute Gasteiger partial charge is 0.318 e. The molecule has 6 nitrogen and oxygen atoms in total. The summed E-state index contributed by atoms with van der Waals surface area (Å²) in [7, 11) is 2.45. The second-order valence-electron chi connectivity index (χ2n) is 4.61. The maximum absolute atomic E-state index is 12.1. The molecule has 0 fully saturated rings. The number of carbonyl (C=O) groups is 3. The minimum Gasteiger partial charge on any atom is -0.469 e. The van der Waals surface area contributed by atoms with Gasteiger partial charge in [-0.3, -0.25) is 14.4 Å². The van der Waals surface area contributed by atoms with Crippen molar-refractivity contribution in [1.29, 1.82) is 0 Å². The largest absolute Gasteiger partial charge is 0.469 e. The molecule has 1 aromatic carbocycles. The van der Waals surface area contributed by atoms with E-state index in [1.165, 1.54) is 14.2 Å². The van der Waals surface area contributed by atoms with Gasteiger partial charge in [-0.25, -0.2) is 0 Å². The van der Waals surface area contributed by atoms with Gasteiger partial charge in [-0.1, -0.05) is 17.7 Å². The summed E-state index contributed by atoms with van der Waals surface area (Å²) < 4.78 is 9.31. The van der Waals surface area contributed by atoms with Gasteiger partial charge < -0.3 is 14.8 Å². The highest BCUT2D eigenvalue weighted by Gasteiger charge is 2.42. The van der Waals surface area contributed by atoms with Crippen molar-refractivity contribution in [2.75, 3.05) is 19.5 Å². The van der Waals surface area contributed by atoms with Gasteiger partial charge in [-0.2, -0.15) is 0 Å². The molecule has 0 saturated carbocycles. The Balaban J connectivity index is 2.47. The molecule has 0 bridgehead atoms. The van der Waals surface area contributed by atoms with Crippen LogP contribution in [0.5, 0.6) is 0 Å². The maximum atomic E-state index is 12.1. The zero-order valence-corrected chi connectivity index (χ0v) is 12.3. The van der Waals surface area contributed by atoms with Gasteiger partial charge in [0.05, 0.1) is 20.6 Å². The lowest BCUT2D eigenvalue weighted by atomic mass is 9.79. The Morgan fingerprint density at radius 1 is 1.29 bits per heavy atom. The molecule has 2 atom stereocenters. The molecule has 1 aliphatic rings. The number of carbonyl (C=O) groups excluding carboxylic acids is 3. The molecule has 1 aromatic rings. The van der Waals surface area contributed by atoms with Gasteiger partial charge in [0, 0.05) is 16.6 Å². The van der Waals surface area contributed by atoms with Crippen LogP contribution in [0.2, 0.25) is 5.02 Å². The van der Waals surface area contributed by atoms with Gasteiger partial charge in [0.25, 0.3) is 0 Å². The summed E-state index contributed by atoms with van der Waals surface area (Å²) in [6.07, 6.45) is -0.0989. The first kappa shape index (κ1) is 15.3. The fourth-order valence-corrected chi connectivity index (χ4v) is 2.59. The molecule has 2 rings (SSSR count). The van der Waals surface area contributed by atoms with Crippen LogP contribution in [0.25, 0.3) is 0 Å². The van der Waals surface area contributed by atoms with E-state index in [0.29, 0.717) is 16.3 Å². The summed E-state index contributed by atoms with van der Waals surface area (Å²) in [6, 6.07) is 4.89. The summed E-state index contributed by atoms with van der Waals surface area (Å²) >= 11 is 5.90. The maximum Gasteiger partial charge on any atom is 0.318 e. The summed E-state index contributed by atoms with van der Waals surface area (Å²) in [4.78, 5) is 35.6. The predicted octanol–water partition coefficient (Wildman–Crippen LogP) is 1.73. The molecule has 1 aliphatic heterocycles. The van der Waals surface area contributed by atoms with Crippen LogP contribution in [-0.4, -0.2) is 32.1 Å². The van der Waals surface area contributed by atoms with Crippen molar-refractivity contribution in [3.63, 3.8) is 0 Å². The van der Waals surface area contributed by atoms with Gasteiger partial charge in [-0.15, -0.1) is 0 Å². The van der Waals surface area contributed by atoms with E-state index >= 15 is 0 Å². The first-order valence-electron chi connectivity index (χ1n) is 6.23. The van der Waals surface area contributed by atoms with Crippen molar-refractivity contribution in [1.82, 2.24) is 0 Å². The summed E-state index contributed by atoms with van der Waals surface area (Å²) in [6.45, 7) is 0. The van der Waals surface area contributed by atoms with Crippen LogP contribution < -0.4 is 5.32 Å². The molecule has 1 N–H and O–H groups in total. The molecule has 7 heteroatoms. The third-order valence-corrected chi connectivity index (χ3v) is 3.66. The lowest BCUT2D eigenvalue weighted by Crippen LogP contribution is -2.40. The van der Waals surface area contributed by atoms with Crippen LogP contribution >= 0.6 is 11.6 Å². The quantitative estimate of drug-likeness (QED) is 0.679. The number of anilines is 1. The molecule has 1 heterocycles. The first-order valence-corrected chi connectivity index (χ1v) is 6.60. The van der Waals surface area contributed by atoms with Crippen LogP contribution in [-0.2, 0) is 23.9 Å². The fraction of sp³-hybridized carbons (Fsp3) is 0.357. The van der Waals surface area contributed by atoms with E-state index < -0.39 is 29.7 Å². The van der Waals surface area contributed by atoms with Gasteiger partial charge in [0.1, 0.15) is 5.92 Å². The number of hydrogen-bond acceptors (Lipinski definition) is 5. The molecule has 0 aromatic heterocycles. The van der Waals surface area contributed by atoms with E-state index in [-0.39, 0.29) is 6.42 Å². The second-order valence-corrected chi connectivity index (χ2v) is 5.04. The number of amides is 1. The van der Waals surface area contributed by atoms with Gasteiger partial charge in [0.15, 0.2) is 0 Å². The van der Waals surface area contributed by atoms with Crippen molar-refractivity contribution in [2.45, 2.75) is 12.3 Å². The molecule has 0 saturated heterocycles. The van der Waals surface area contributed by atoms with E-state index in [9.17, 15) is 14.4 Å². The highest BCUT2D eigenvalue weighted by Crippen LogP contribution is 2.40. The number of rotatable bonds is 3. The van der Waals surface area contributed by atoms with Crippen LogP contribution in [0.3, 0.4) is 0 Å². The normalized spacial score (nSPS) is 20.2. The molecule has 2 unspecified atom stereocenters. The van der Waals surface area contributed by atoms with Crippen molar-refractivity contribution in [2.24, 2.45) is 5.92 Å². The highest BCUT2D eigenvalue weighted by molar-refractivity contribution is 6.31. The van der Waals surface area contributed by atoms with E-state index in [2.05, 4.69) is 14.8 Å². The molecule has 0 radical (unpaired) electrons. The molecule has 0 aliphatic carbocycles. The van der Waals surface area contributed by atoms with Crippen molar-refractivity contribution >= 4 is 35.1 Å². The first-order chi connectivity index (χ1) is 9.97. The number of halogens is 1. The fourth-order valence-electron chi connectivity index (χ4n) is 2.42. The molecular formula is C14H14ClNO5. The summed E-state index contributed by atoms with van der Waals surface area (Å²) in [5, 5.41) is 3.06. The van der Waals surface area contributed by atoms with E-state index in [1.54, 1.807) is 18.2 Å². The molecule has 0 spiro atoms. The van der Waals surface area contributed by atoms with Crippen LogP contribution in [0, 0.1) is 5.92 Å². The Bertz CT molecular complexity index is 601. The Morgan fingerprint density at radius 2 is 2.00 bits per heavy atom. The number of hydrogen-bond donors (Lipinski definition) is 1. The number of methoxy groups -OCH3 is 2. The van der Waals surface area contributed by atoms with E-state index in [0.717, 1.165) is 0 Å². The van der Waals surface area contributed by atoms with E-state index in [4.69, 9.17) is 11.6 Å². The molecule has 21 heavy (non-hydrogen) atoms. The number of nitrogens with one attached hydrogen (secondary N) is 1. The minimum absolute atomic E-state index is 0.0989. The van der Waals surface area contributed by atoms with Crippen LogP contribution in [0.1, 0.15) is 17.9 Å². The Labute approximate surface area is 126 Å². The number of esters is 2. The number of ether oxygens (including phenoxy) is 2. The van der Waals surface area contributed by atoms with Crippen molar-refractivity contribution in [3.05, 3.63) is 28.8 Å². The standard InChI is InChI=1S/C14H14ClNO5/c1-20-11(17)6-9-8-4-3-7(15)5-10(8)16-13(18)12(9)14(19)21-2/h3-5,9,12H,6H2,1-2H3,(H,16,18). The Kier molecular flexibility index (Phi) is 4.47. The SMILES string of the molecule is COC(=O)CC1c2ccc(Cl)cc2NC(=O)C1C(=O)OC. The average Bonchev–Trinajstić information content (AvgIpc) is 2.45. The number of benzene rings is 1. The van der Waals surface area contributed by atoms with Gasteiger partial charge in [0.2, 0.25) is 5.91 Å². The van der Waals surface area contributed by atoms with Crippen LogP contribution in [0.15, 0.2) is 18.2 Å². The van der Waals surface area contributed by atoms with Gasteiger partial charge in [-0.05, 0) is 17.7 Å². The third-order valence-electron chi connectivity index (χ3n) is 3.43. The average molecular weight is 312 g/mol. The zero-order chi connectivity index (χ0) is 15.6. The lowest BCUT2D eigenvalue weighted by Gasteiger charge is -2.30. The summed E-state index contributed by atoms with van der Waals surface area (Å²) in [5.74, 6) is -3.47. The van der Waals surface area contributed by atoms with Crippen molar-refractivity contribution in [3.8, 4) is 0 Å². The molecule has 112 valence electrons. The highest BCUT2D eigenvalue weighted by atomic mass is 35.5. The molecule has 1 amide bonds. The van der Waals surface area contributed by atoms with Gasteiger partial charge >= 0.3 is 11.9 Å². The second kappa shape index (κ2) is 6.13. The zero-order valence-electron chi connectivity index (χ0n) is 11.5. The minimum atomic E-state index is -1.09. The topological polar surface area (TPSA) is 81.7 Å². The van der Waals surface area contributed by atoms with Crippen LogP contribution in [0.4, 0.5) is 5.69 Å². The van der Waals surface area contributed by atoms with E-state index in [1.807, 2.05) is 0 Å². The Morgan fingerprint density at radius 3 is 2.62 bits per heavy atom. The Hall–Kier alpha value is -2.08. The summed E-state index contributed by atoms with van der Waals surface area (Å²) in [5.41, 5.74) is 1.14.